The summed E-state index contributed by atoms with van der Waals surface area (Å²) >= 11 is 0. The summed E-state index contributed by atoms with van der Waals surface area (Å²) in [6, 6.07) is 5.56. The molecule has 0 unspecified atom stereocenters. The van der Waals surface area contributed by atoms with E-state index in [9.17, 15) is 4.79 Å². The van der Waals surface area contributed by atoms with Crippen LogP contribution in [0.5, 0.6) is 5.75 Å². The molecular weight excluding hydrogens is 356 g/mol. The van der Waals surface area contributed by atoms with Crippen LogP contribution in [-0.4, -0.2) is 56.2 Å². The van der Waals surface area contributed by atoms with Gasteiger partial charge in [-0.15, -0.1) is 0 Å². The van der Waals surface area contributed by atoms with Crippen molar-refractivity contribution in [2.75, 3.05) is 20.2 Å². The summed E-state index contributed by atoms with van der Waals surface area (Å²) in [6.45, 7) is 3.32. The first kappa shape index (κ1) is 18.1. The monoisotopic (exact) mass is 378 g/mol. The van der Waals surface area contributed by atoms with Crippen molar-refractivity contribution in [1.29, 1.82) is 0 Å². The van der Waals surface area contributed by atoms with E-state index in [4.69, 9.17) is 4.74 Å². The number of rotatable bonds is 4. The fraction of sp³-hybridized carbons (Fsp3) is 0.350. The number of benzene rings is 1. The summed E-state index contributed by atoms with van der Waals surface area (Å²) in [4.78, 5) is 27.7. The minimum absolute atomic E-state index is 0.0661. The van der Waals surface area contributed by atoms with Crippen molar-refractivity contribution in [2.24, 2.45) is 0 Å². The van der Waals surface area contributed by atoms with Gasteiger partial charge in [0.25, 0.3) is 5.91 Å². The zero-order valence-electron chi connectivity index (χ0n) is 15.9. The Morgan fingerprint density at radius 1 is 1.25 bits per heavy atom. The highest BCUT2D eigenvalue weighted by Gasteiger charge is 2.27. The summed E-state index contributed by atoms with van der Waals surface area (Å²) in [6.07, 6.45) is 6.57. The number of hydrogen-bond donors (Lipinski definition) is 1. The third-order valence-electron chi connectivity index (χ3n) is 5.13. The summed E-state index contributed by atoms with van der Waals surface area (Å²) in [5.41, 5.74) is 2.30. The fourth-order valence-electron chi connectivity index (χ4n) is 3.52. The van der Waals surface area contributed by atoms with Gasteiger partial charge in [0.2, 0.25) is 5.82 Å². The molecule has 1 saturated heterocycles. The van der Waals surface area contributed by atoms with Gasteiger partial charge in [0.15, 0.2) is 0 Å². The van der Waals surface area contributed by atoms with Gasteiger partial charge in [-0.1, -0.05) is 0 Å². The van der Waals surface area contributed by atoms with Crippen LogP contribution in [0.2, 0.25) is 0 Å². The zero-order chi connectivity index (χ0) is 19.5. The molecular formula is C20H22N6O2. The molecule has 0 aliphatic carbocycles. The van der Waals surface area contributed by atoms with E-state index in [0.717, 1.165) is 35.5 Å². The van der Waals surface area contributed by atoms with Crippen LogP contribution in [0.3, 0.4) is 0 Å². The van der Waals surface area contributed by atoms with Crippen LogP contribution in [-0.2, 0) is 0 Å². The second-order valence-corrected chi connectivity index (χ2v) is 6.88. The summed E-state index contributed by atoms with van der Waals surface area (Å²) in [5.74, 6) is 2.47. The summed E-state index contributed by atoms with van der Waals surface area (Å²) in [5, 5.41) is 7.29. The molecule has 1 N–H and O–H groups in total. The Balaban J connectivity index is 1.41. The number of carbonyl (C=O) groups excluding carboxylic acids is 1. The molecule has 2 aromatic heterocycles. The van der Waals surface area contributed by atoms with Crippen LogP contribution in [0.15, 0.2) is 36.8 Å². The van der Waals surface area contributed by atoms with Crippen LogP contribution in [0.1, 0.15) is 40.5 Å². The molecule has 0 spiro atoms. The Kier molecular flexibility index (Phi) is 5.01. The van der Waals surface area contributed by atoms with Crippen LogP contribution < -0.4 is 4.74 Å². The van der Waals surface area contributed by atoms with Gasteiger partial charge in [0.1, 0.15) is 17.3 Å². The second-order valence-electron chi connectivity index (χ2n) is 6.88. The minimum Gasteiger partial charge on any atom is -0.497 e. The van der Waals surface area contributed by atoms with Gasteiger partial charge >= 0.3 is 0 Å². The highest BCUT2D eigenvalue weighted by molar-refractivity contribution is 5.95. The van der Waals surface area contributed by atoms with Crippen LogP contribution in [0.25, 0.3) is 11.5 Å². The molecule has 8 nitrogen and oxygen atoms in total. The average molecular weight is 378 g/mol. The lowest BCUT2D eigenvalue weighted by Gasteiger charge is -2.31. The molecule has 3 heterocycles. The maximum Gasteiger partial charge on any atom is 0.254 e. The van der Waals surface area contributed by atoms with E-state index < -0.39 is 0 Å². The van der Waals surface area contributed by atoms with E-state index in [-0.39, 0.29) is 11.8 Å². The number of methoxy groups -OCH3 is 1. The molecule has 1 aliphatic rings. The molecule has 28 heavy (non-hydrogen) atoms. The highest BCUT2D eigenvalue weighted by Crippen LogP contribution is 2.28. The maximum atomic E-state index is 12.9. The van der Waals surface area contributed by atoms with Crippen molar-refractivity contribution in [3.8, 4) is 17.3 Å². The van der Waals surface area contributed by atoms with Crippen molar-refractivity contribution in [3.05, 3.63) is 53.7 Å². The van der Waals surface area contributed by atoms with E-state index in [1.165, 1.54) is 0 Å². The molecule has 144 valence electrons. The number of aromatic amines is 1. The van der Waals surface area contributed by atoms with Gasteiger partial charge in [-0.05, 0) is 43.5 Å². The molecule has 0 atom stereocenters. The number of nitrogens with one attached hydrogen (secondary N) is 1. The van der Waals surface area contributed by atoms with Crippen molar-refractivity contribution in [3.63, 3.8) is 0 Å². The lowest BCUT2D eigenvalue weighted by Crippen LogP contribution is -2.38. The van der Waals surface area contributed by atoms with E-state index in [2.05, 4.69) is 25.1 Å². The first-order chi connectivity index (χ1) is 13.7. The largest absolute Gasteiger partial charge is 0.497 e. The first-order valence-corrected chi connectivity index (χ1v) is 9.28. The lowest BCUT2D eigenvalue weighted by atomic mass is 9.95. The predicted octanol–water partition coefficient (Wildman–Crippen LogP) is 2.60. The number of H-pyrrole nitrogens is 1. The highest BCUT2D eigenvalue weighted by atomic mass is 16.5. The van der Waals surface area contributed by atoms with E-state index >= 15 is 0 Å². The Hall–Kier alpha value is -3.29. The van der Waals surface area contributed by atoms with E-state index in [0.29, 0.717) is 24.6 Å². The number of amides is 1. The maximum absolute atomic E-state index is 12.9. The molecule has 1 aliphatic heterocycles. The molecule has 0 saturated carbocycles. The van der Waals surface area contributed by atoms with Crippen LogP contribution >= 0.6 is 0 Å². The Morgan fingerprint density at radius 2 is 2.07 bits per heavy atom. The van der Waals surface area contributed by atoms with Crippen molar-refractivity contribution >= 4 is 5.91 Å². The van der Waals surface area contributed by atoms with Gasteiger partial charge in [0, 0.05) is 37.0 Å². The number of ether oxygens (including phenoxy) is 1. The molecule has 8 heteroatoms. The smallest absolute Gasteiger partial charge is 0.254 e. The van der Waals surface area contributed by atoms with Crippen molar-refractivity contribution in [1.82, 2.24) is 30.0 Å². The zero-order valence-corrected chi connectivity index (χ0v) is 15.9. The summed E-state index contributed by atoms with van der Waals surface area (Å²) < 4.78 is 5.22. The quantitative estimate of drug-likeness (QED) is 0.749. The lowest BCUT2D eigenvalue weighted by molar-refractivity contribution is 0.0710. The average Bonchev–Trinajstić information content (AvgIpc) is 3.24. The van der Waals surface area contributed by atoms with E-state index in [1.54, 1.807) is 25.7 Å². The standard InChI is InChI=1S/C20H22N6O2/c1-13-11-15(28-2)3-4-16(13)20(27)26-9-5-14(6-10-26)18-23-19(25-24-18)17-12-21-7-8-22-17/h3-4,7-8,11-12,14H,5-6,9-10H2,1-2H3,(H,23,24,25). The Morgan fingerprint density at radius 3 is 2.75 bits per heavy atom. The third-order valence-corrected chi connectivity index (χ3v) is 5.13. The van der Waals surface area contributed by atoms with Gasteiger partial charge in [-0.2, -0.15) is 5.10 Å². The molecule has 4 rings (SSSR count). The molecule has 1 fully saturated rings. The minimum atomic E-state index is 0.0661. The van der Waals surface area contributed by atoms with Crippen molar-refractivity contribution < 1.29 is 9.53 Å². The number of aromatic nitrogens is 5. The predicted molar refractivity (Wildman–Crippen MR) is 103 cm³/mol. The molecule has 1 aromatic carbocycles. The van der Waals surface area contributed by atoms with Gasteiger partial charge < -0.3 is 9.64 Å². The number of hydrogen-bond acceptors (Lipinski definition) is 6. The third kappa shape index (κ3) is 3.58. The second kappa shape index (κ2) is 7.75. The number of piperidine rings is 1. The molecule has 0 radical (unpaired) electrons. The van der Waals surface area contributed by atoms with Gasteiger partial charge in [-0.3, -0.25) is 14.9 Å². The van der Waals surface area contributed by atoms with E-state index in [1.807, 2.05) is 30.0 Å². The number of likely N-dealkylation sites (tertiary alicyclic amines) is 1. The molecule has 0 bridgehead atoms. The number of carbonyl (C=O) groups is 1. The normalized spacial score (nSPS) is 14.9. The SMILES string of the molecule is COc1ccc(C(=O)N2CCC(c3nc(-c4cnccn4)n[nH]3)CC2)c(C)c1. The fourth-order valence-corrected chi connectivity index (χ4v) is 3.52. The van der Waals surface area contributed by atoms with Gasteiger partial charge in [-0.25, -0.2) is 9.97 Å². The summed E-state index contributed by atoms with van der Waals surface area (Å²) in [7, 11) is 1.63. The van der Waals surface area contributed by atoms with Crippen molar-refractivity contribution in [2.45, 2.75) is 25.7 Å². The first-order valence-electron chi connectivity index (χ1n) is 9.28. The van der Waals surface area contributed by atoms with Gasteiger partial charge in [0.05, 0.1) is 13.3 Å². The van der Waals surface area contributed by atoms with Crippen LogP contribution in [0.4, 0.5) is 0 Å². The Labute approximate surface area is 163 Å². The molecule has 1 amide bonds. The number of nitrogens with zero attached hydrogens (tertiary/aromatic N) is 5. The number of aryl methyl sites for hydroxylation is 1. The Bertz CT molecular complexity index is 964. The van der Waals surface area contributed by atoms with Crippen LogP contribution in [0, 0.1) is 6.92 Å². The molecule has 3 aromatic rings. The topological polar surface area (TPSA) is 96.9 Å².